The van der Waals surface area contributed by atoms with Gasteiger partial charge in [-0.3, -0.25) is 15.2 Å². The van der Waals surface area contributed by atoms with E-state index in [9.17, 15) is 5.11 Å². The number of aliphatic hydroxyl groups excluding tert-OH is 1. The lowest BCUT2D eigenvalue weighted by atomic mass is 10.0. The minimum Gasteiger partial charge on any atom is -0.491 e. The molecule has 1 aliphatic heterocycles. The highest BCUT2D eigenvalue weighted by Crippen LogP contribution is 2.20. The van der Waals surface area contributed by atoms with Gasteiger partial charge in [0.2, 0.25) is 0 Å². The smallest absolute Gasteiger partial charge is 0.122 e. The molecular weight excluding hydrogens is 412 g/mol. The van der Waals surface area contributed by atoms with Crippen LogP contribution in [0, 0.1) is 5.41 Å². The van der Waals surface area contributed by atoms with Crippen LogP contribution in [0.1, 0.15) is 11.1 Å². The van der Waals surface area contributed by atoms with Crippen LogP contribution in [-0.2, 0) is 6.54 Å². The molecule has 1 atom stereocenters. The molecule has 3 aromatic rings. The first-order valence-electron chi connectivity index (χ1n) is 11.4. The van der Waals surface area contributed by atoms with E-state index in [1.165, 1.54) is 16.7 Å². The number of piperazine rings is 1. The number of benzene rings is 3. The van der Waals surface area contributed by atoms with E-state index in [2.05, 4.69) is 58.3 Å². The summed E-state index contributed by atoms with van der Waals surface area (Å²) in [6, 6.07) is 26.4. The SMILES string of the molecule is N=C(N)c1cccc(OCC(O)CN2CCN(Cc3ccc(-c4ccccc4)cc3)CC2)c1. The number of hydrogen-bond acceptors (Lipinski definition) is 5. The molecule has 0 saturated carbocycles. The van der Waals surface area contributed by atoms with Crippen molar-refractivity contribution in [3.63, 3.8) is 0 Å². The van der Waals surface area contributed by atoms with Gasteiger partial charge in [-0.25, -0.2) is 0 Å². The summed E-state index contributed by atoms with van der Waals surface area (Å²) in [7, 11) is 0. The number of nitrogen functional groups attached to an aromatic ring is 1. The molecular formula is C27H32N4O2. The van der Waals surface area contributed by atoms with E-state index in [0.717, 1.165) is 32.7 Å². The second-order valence-electron chi connectivity index (χ2n) is 8.55. The molecule has 0 radical (unpaired) electrons. The van der Waals surface area contributed by atoms with Crippen LogP contribution in [0.5, 0.6) is 5.75 Å². The number of nitrogens with one attached hydrogen (secondary N) is 1. The Morgan fingerprint density at radius 3 is 2.24 bits per heavy atom. The summed E-state index contributed by atoms with van der Waals surface area (Å²) >= 11 is 0. The fourth-order valence-electron chi connectivity index (χ4n) is 4.12. The largest absolute Gasteiger partial charge is 0.491 e. The molecule has 1 aliphatic rings. The molecule has 4 rings (SSSR count). The molecule has 0 aromatic heterocycles. The Hall–Kier alpha value is -3.19. The highest BCUT2D eigenvalue weighted by Gasteiger charge is 2.19. The normalized spacial score (nSPS) is 15.8. The molecule has 0 aliphatic carbocycles. The third-order valence-corrected chi connectivity index (χ3v) is 5.99. The number of aliphatic hydroxyl groups is 1. The minimum atomic E-state index is -0.567. The summed E-state index contributed by atoms with van der Waals surface area (Å²) in [5, 5.41) is 17.9. The van der Waals surface area contributed by atoms with Crippen molar-refractivity contribution in [2.45, 2.75) is 12.6 Å². The van der Waals surface area contributed by atoms with E-state index in [1.807, 2.05) is 12.1 Å². The molecule has 6 heteroatoms. The van der Waals surface area contributed by atoms with Gasteiger partial charge >= 0.3 is 0 Å². The van der Waals surface area contributed by atoms with E-state index in [-0.39, 0.29) is 12.4 Å². The minimum absolute atomic E-state index is 0.00556. The standard InChI is InChI=1S/C27H32N4O2/c28-27(29)24-7-4-8-26(17-24)33-20-25(32)19-31-15-13-30(14-16-31)18-21-9-11-23(12-10-21)22-5-2-1-3-6-22/h1-12,17,25,32H,13-16,18-20H2,(H3,28,29). The molecule has 1 saturated heterocycles. The van der Waals surface area contributed by atoms with Crippen LogP contribution < -0.4 is 10.5 Å². The quantitative estimate of drug-likeness (QED) is 0.349. The molecule has 3 aromatic carbocycles. The van der Waals surface area contributed by atoms with Gasteiger partial charge in [-0.05, 0) is 28.8 Å². The zero-order chi connectivity index (χ0) is 23.0. The van der Waals surface area contributed by atoms with Gasteiger partial charge in [0.25, 0.3) is 0 Å². The van der Waals surface area contributed by atoms with Crippen molar-refractivity contribution < 1.29 is 9.84 Å². The number of nitrogens with zero attached hydrogens (tertiary/aromatic N) is 2. The highest BCUT2D eigenvalue weighted by atomic mass is 16.5. The van der Waals surface area contributed by atoms with Crippen LogP contribution in [0.3, 0.4) is 0 Å². The molecule has 0 bridgehead atoms. The summed E-state index contributed by atoms with van der Waals surface area (Å²) in [6.45, 7) is 5.57. The van der Waals surface area contributed by atoms with Crippen molar-refractivity contribution in [2.24, 2.45) is 5.73 Å². The zero-order valence-electron chi connectivity index (χ0n) is 18.9. The summed E-state index contributed by atoms with van der Waals surface area (Å²) in [5.74, 6) is 0.621. The molecule has 6 nitrogen and oxygen atoms in total. The summed E-state index contributed by atoms with van der Waals surface area (Å²) in [5.41, 5.74) is 9.95. The molecule has 1 unspecified atom stereocenters. The molecule has 0 spiro atoms. The lowest BCUT2D eigenvalue weighted by Crippen LogP contribution is -2.48. The predicted octanol–water partition coefficient (Wildman–Crippen LogP) is 3.20. The van der Waals surface area contributed by atoms with E-state index in [0.29, 0.717) is 17.9 Å². The number of rotatable bonds is 9. The van der Waals surface area contributed by atoms with Crippen molar-refractivity contribution in [3.8, 4) is 16.9 Å². The van der Waals surface area contributed by atoms with E-state index in [1.54, 1.807) is 18.2 Å². The Bertz CT molecular complexity index is 1030. The monoisotopic (exact) mass is 444 g/mol. The van der Waals surface area contributed by atoms with Crippen LogP contribution in [0.25, 0.3) is 11.1 Å². The maximum absolute atomic E-state index is 10.4. The van der Waals surface area contributed by atoms with E-state index < -0.39 is 6.10 Å². The second-order valence-corrected chi connectivity index (χ2v) is 8.55. The lowest BCUT2D eigenvalue weighted by molar-refractivity contribution is 0.0446. The van der Waals surface area contributed by atoms with Crippen LogP contribution in [-0.4, -0.2) is 66.2 Å². The van der Waals surface area contributed by atoms with Gasteiger partial charge in [-0.15, -0.1) is 0 Å². The molecule has 1 heterocycles. The lowest BCUT2D eigenvalue weighted by Gasteiger charge is -2.35. The van der Waals surface area contributed by atoms with Gasteiger partial charge in [0.15, 0.2) is 0 Å². The number of β-amino-alcohol motifs (C(OH)–C–C–N with tert-alkyl or cyclic N) is 1. The average molecular weight is 445 g/mol. The second kappa shape index (κ2) is 11.1. The summed E-state index contributed by atoms with van der Waals surface area (Å²) < 4.78 is 5.70. The maximum atomic E-state index is 10.4. The average Bonchev–Trinajstić information content (AvgIpc) is 2.85. The number of ether oxygens (including phenoxy) is 1. The maximum Gasteiger partial charge on any atom is 0.122 e. The third kappa shape index (κ3) is 6.65. The topological polar surface area (TPSA) is 85.8 Å². The van der Waals surface area contributed by atoms with Crippen molar-refractivity contribution in [2.75, 3.05) is 39.3 Å². The van der Waals surface area contributed by atoms with Gasteiger partial charge in [0.05, 0.1) is 0 Å². The molecule has 1 fully saturated rings. The molecule has 33 heavy (non-hydrogen) atoms. The van der Waals surface area contributed by atoms with Crippen molar-refractivity contribution in [1.82, 2.24) is 9.80 Å². The molecule has 0 amide bonds. The highest BCUT2D eigenvalue weighted by molar-refractivity contribution is 5.95. The Balaban J connectivity index is 1.19. The van der Waals surface area contributed by atoms with Crippen LogP contribution in [0.2, 0.25) is 0 Å². The Morgan fingerprint density at radius 1 is 0.879 bits per heavy atom. The van der Waals surface area contributed by atoms with Crippen molar-refractivity contribution in [3.05, 3.63) is 90.0 Å². The zero-order valence-corrected chi connectivity index (χ0v) is 18.9. The van der Waals surface area contributed by atoms with Crippen LogP contribution in [0.15, 0.2) is 78.9 Å². The van der Waals surface area contributed by atoms with E-state index >= 15 is 0 Å². The van der Waals surface area contributed by atoms with Crippen LogP contribution in [0.4, 0.5) is 0 Å². The summed E-state index contributed by atoms with van der Waals surface area (Å²) in [4.78, 5) is 4.75. The molecule has 4 N–H and O–H groups in total. The van der Waals surface area contributed by atoms with Gasteiger partial charge in [0, 0.05) is 44.8 Å². The van der Waals surface area contributed by atoms with Gasteiger partial charge < -0.3 is 15.6 Å². The first-order valence-corrected chi connectivity index (χ1v) is 11.4. The van der Waals surface area contributed by atoms with Gasteiger partial charge in [0.1, 0.15) is 24.3 Å². The molecule has 172 valence electrons. The van der Waals surface area contributed by atoms with E-state index in [4.69, 9.17) is 15.9 Å². The Morgan fingerprint density at radius 2 is 1.55 bits per heavy atom. The van der Waals surface area contributed by atoms with Crippen LogP contribution >= 0.6 is 0 Å². The van der Waals surface area contributed by atoms with Gasteiger partial charge in [-0.2, -0.15) is 0 Å². The summed E-state index contributed by atoms with van der Waals surface area (Å²) in [6.07, 6.45) is -0.567. The fraction of sp³-hybridized carbons (Fsp3) is 0.296. The Labute approximate surface area is 195 Å². The Kier molecular flexibility index (Phi) is 7.73. The third-order valence-electron chi connectivity index (χ3n) is 5.99. The van der Waals surface area contributed by atoms with Gasteiger partial charge in [-0.1, -0.05) is 66.7 Å². The number of hydrogen-bond donors (Lipinski definition) is 3. The number of nitrogens with two attached hydrogens (primary N) is 1. The first-order chi connectivity index (χ1) is 16.1. The predicted molar refractivity (Wildman–Crippen MR) is 133 cm³/mol. The first kappa shape index (κ1) is 23.0. The van der Waals surface area contributed by atoms with Crippen molar-refractivity contribution in [1.29, 1.82) is 5.41 Å². The number of amidine groups is 1. The fourth-order valence-corrected chi connectivity index (χ4v) is 4.12. The van der Waals surface area contributed by atoms with Crippen molar-refractivity contribution >= 4 is 5.84 Å².